The first-order valence-electron chi connectivity index (χ1n) is 5.08. The zero-order valence-corrected chi connectivity index (χ0v) is 9.53. The molecule has 1 aromatic heterocycles. The number of hydrogen-bond acceptors (Lipinski definition) is 5. The molecule has 0 atom stereocenters. The first-order valence-corrected chi connectivity index (χ1v) is 5.08. The van der Waals surface area contributed by atoms with E-state index in [0.717, 1.165) is 0 Å². The van der Waals surface area contributed by atoms with Crippen LogP contribution in [0.2, 0.25) is 0 Å². The summed E-state index contributed by atoms with van der Waals surface area (Å²) in [6, 6.07) is 9.81. The molecule has 18 heavy (non-hydrogen) atoms. The zero-order chi connectivity index (χ0) is 13.0. The Morgan fingerprint density at radius 3 is 2.39 bits per heavy atom. The summed E-state index contributed by atoms with van der Waals surface area (Å²) in [5.41, 5.74) is -0.137. The maximum absolute atomic E-state index is 10.6. The molecule has 0 unspecified atom stereocenters. The van der Waals surface area contributed by atoms with Crippen molar-refractivity contribution in [3.8, 4) is 17.4 Å². The lowest BCUT2D eigenvalue weighted by molar-refractivity contribution is 0.0689. The molecule has 0 fully saturated rings. The van der Waals surface area contributed by atoms with E-state index in [4.69, 9.17) is 14.6 Å². The predicted octanol–water partition coefficient (Wildman–Crippen LogP) is 1.98. The van der Waals surface area contributed by atoms with Gasteiger partial charge in [0.25, 0.3) is 0 Å². The van der Waals surface area contributed by atoms with Crippen molar-refractivity contribution in [1.82, 2.24) is 10.2 Å². The maximum Gasteiger partial charge on any atom is 0.356 e. The third kappa shape index (κ3) is 2.54. The Bertz CT molecular complexity index is 554. The van der Waals surface area contributed by atoms with Gasteiger partial charge in [-0.15, -0.1) is 10.2 Å². The first-order chi connectivity index (χ1) is 8.70. The summed E-state index contributed by atoms with van der Waals surface area (Å²) in [6.07, 6.45) is 0. The Hall–Kier alpha value is -2.63. The molecule has 0 aliphatic carbocycles. The summed E-state index contributed by atoms with van der Waals surface area (Å²) >= 11 is 0. The van der Waals surface area contributed by atoms with Crippen LogP contribution in [0, 0.1) is 0 Å². The van der Waals surface area contributed by atoms with Gasteiger partial charge in [0.05, 0.1) is 7.11 Å². The molecule has 6 heteroatoms. The van der Waals surface area contributed by atoms with E-state index in [9.17, 15) is 4.79 Å². The van der Waals surface area contributed by atoms with Gasteiger partial charge in [0.15, 0.2) is 17.2 Å². The number of rotatable bonds is 4. The van der Waals surface area contributed by atoms with E-state index >= 15 is 0 Å². The van der Waals surface area contributed by atoms with E-state index in [0.29, 0.717) is 11.5 Å². The fourth-order valence-electron chi connectivity index (χ4n) is 1.30. The molecule has 0 spiro atoms. The van der Waals surface area contributed by atoms with Gasteiger partial charge in [-0.1, -0.05) is 12.1 Å². The molecular formula is C12H10N2O4. The van der Waals surface area contributed by atoms with Crippen LogP contribution < -0.4 is 9.47 Å². The van der Waals surface area contributed by atoms with Crippen LogP contribution in [-0.4, -0.2) is 28.4 Å². The van der Waals surface area contributed by atoms with Crippen LogP contribution in [0.4, 0.5) is 0 Å². The molecule has 0 bridgehead atoms. The van der Waals surface area contributed by atoms with Crippen LogP contribution in [0.5, 0.6) is 17.4 Å². The van der Waals surface area contributed by atoms with Gasteiger partial charge in [-0.05, 0) is 18.2 Å². The van der Waals surface area contributed by atoms with Gasteiger partial charge in [0.2, 0.25) is 5.88 Å². The molecule has 0 radical (unpaired) electrons. The van der Waals surface area contributed by atoms with Gasteiger partial charge in [-0.2, -0.15) is 0 Å². The molecule has 0 aliphatic heterocycles. The van der Waals surface area contributed by atoms with Crippen molar-refractivity contribution in [2.45, 2.75) is 0 Å². The second kappa shape index (κ2) is 5.13. The summed E-state index contributed by atoms with van der Waals surface area (Å²) in [7, 11) is 1.53. The van der Waals surface area contributed by atoms with Crippen molar-refractivity contribution in [2.24, 2.45) is 0 Å². The molecule has 6 nitrogen and oxygen atoms in total. The number of carboxylic acid groups (broad SMARTS) is 1. The summed E-state index contributed by atoms with van der Waals surface area (Å²) in [6.45, 7) is 0. The van der Waals surface area contributed by atoms with Crippen LogP contribution in [0.25, 0.3) is 0 Å². The van der Waals surface area contributed by atoms with E-state index in [1.54, 1.807) is 18.2 Å². The standard InChI is InChI=1S/C12H10N2O4/c1-17-9-4-2-3-5-10(9)18-11-7-6-8(12(15)16)13-14-11/h2-7H,1H3,(H,15,16). The zero-order valence-electron chi connectivity index (χ0n) is 9.53. The monoisotopic (exact) mass is 246 g/mol. The van der Waals surface area contributed by atoms with Crippen molar-refractivity contribution in [2.75, 3.05) is 7.11 Å². The molecule has 0 amide bonds. The molecule has 1 heterocycles. The lowest BCUT2D eigenvalue weighted by Crippen LogP contribution is -2.02. The number of hydrogen-bond donors (Lipinski definition) is 1. The SMILES string of the molecule is COc1ccccc1Oc1ccc(C(=O)O)nn1. The summed E-state index contributed by atoms with van der Waals surface area (Å²) < 4.78 is 10.6. The van der Waals surface area contributed by atoms with Crippen molar-refractivity contribution in [3.05, 3.63) is 42.1 Å². The predicted molar refractivity (Wildman–Crippen MR) is 62.1 cm³/mol. The average Bonchev–Trinajstić information content (AvgIpc) is 2.40. The second-order valence-electron chi connectivity index (χ2n) is 3.31. The van der Waals surface area contributed by atoms with Gasteiger partial charge in [0, 0.05) is 6.07 Å². The molecule has 0 saturated carbocycles. The highest BCUT2D eigenvalue weighted by Crippen LogP contribution is 2.29. The third-order valence-corrected chi connectivity index (χ3v) is 2.14. The van der Waals surface area contributed by atoms with Crippen molar-refractivity contribution >= 4 is 5.97 Å². The Balaban J connectivity index is 2.21. The molecular weight excluding hydrogens is 236 g/mol. The highest BCUT2D eigenvalue weighted by molar-refractivity contribution is 5.84. The Morgan fingerprint density at radius 1 is 1.11 bits per heavy atom. The Kier molecular flexibility index (Phi) is 3.38. The average molecular weight is 246 g/mol. The highest BCUT2D eigenvalue weighted by Gasteiger charge is 2.08. The number of carbonyl (C=O) groups is 1. The molecule has 92 valence electrons. The summed E-state index contributed by atoms with van der Waals surface area (Å²) in [5.74, 6) is 0.106. The largest absolute Gasteiger partial charge is 0.493 e. The van der Waals surface area contributed by atoms with Gasteiger partial charge < -0.3 is 14.6 Å². The fourth-order valence-corrected chi connectivity index (χ4v) is 1.30. The van der Waals surface area contributed by atoms with Crippen molar-refractivity contribution in [3.63, 3.8) is 0 Å². The number of aromatic carboxylic acids is 1. The minimum Gasteiger partial charge on any atom is -0.493 e. The minimum atomic E-state index is -1.13. The second-order valence-corrected chi connectivity index (χ2v) is 3.31. The molecule has 1 N–H and O–H groups in total. The number of para-hydroxylation sites is 2. The summed E-state index contributed by atoms with van der Waals surface area (Å²) in [5, 5.41) is 15.9. The maximum atomic E-state index is 10.6. The minimum absolute atomic E-state index is 0.137. The number of aromatic nitrogens is 2. The Labute approximate surface area is 103 Å². The molecule has 0 saturated heterocycles. The highest BCUT2D eigenvalue weighted by atomic mass is 16.5. The van der Waals surface area contributed by atoms with E-state index in [1.165, 1.54) is 19.2 Å². The third-order valence-electron chi connectivity index (χ3n) is 2.14. The summed E-state index contributed by atoms with van der Waals surface area (Å²) in [4.78, 5) is 10.6. The van der Waals surface area contributed by atoms with Crippen LogP contribution in [-0.2, 0) is 0 Å². The lowest BCUT2D eigenvalue weighted by atomic mass is 10.3. The van der Waals surface area contributed by atoms with Crippen LogP contribution >= 0.6 is 0 Å². The number of carboxylic acids is 1. The van der Waals surface area contributed by atoms with E-state index in [1.807, 2.05) is 6.07 Å². The molecule has 0 aliphatic rings. The van der Waals surface area contributed by atoms with Crippen LogP contribution in [0.15, 0.2) is 36.4 Å². The molecule has 2 rings (SSSR count). The van der Waals surface area contributed by atoms with Crippen LogP contribution in [0.1, 0.15) is 10.5 Å². The quantitative estimate of drug-likeness (QED) is 0.888. The topological polar surface area (TPSA) is 81.5 Å². The van der Waals surface area contributed by atoms with Gasteiger partial charge in [-0.25, -0.2) is 4.79 Å². The number of methoxy groups -OCH3 is 1. The normalized spacial score (nSPS) is 9.83. The number of benzene rings is 1. The van der Waals surface area contributed by atoms with E-state index in [-0.39, 0.29) is 11.6 Å². The van der Waals surface area contributed by atoms with E-state index < -0.39 is 5.97 Å². The van der Waals surface area contributed by atoms with Crippen molar-refractivity contribution < 1.29 is 19.4 Å². The van der Waals surface area contributed by atoms with E-state index in [2.05, 4.69) is 10.2 Å². The van der Waals surface area contributed by atoms with Crippen molar-refractivity contribution in [1.29, 1.82) is 0 Å². The first kappa shape index (κ1) is 11.8. The molecule has 2 aromatic rings. The smallest absolute Gasteiger partial charge is 0.356 e. The van der Waals surface area contributed by atoms with Crippen LogP contribution in [0.3, 0.4) is 0 Å². The van der Waals surface area contributed by atoms with Gasteiger partial charge in [-0.3, -0.25) is 0 Å². The number of ether oxygens (including phenoxy) is 2. The fraction of sp³-hybridized carbons (Fsp3) is 0.0833. The molecule has 1 aromatic carbocycles. The van der Waals surface area contributed by atoms with Gasteiger partial charge in [0.1, 0.15) is 0 Å². The Morgan fingerprint density at radius 2 is 1.83 bits per heavy atom. The van der Waals surface area contributed by atoms with Gasteiger partial charge >= 0.3 is 5.97 Å². The lowest BCUT2D eigenvalue weighted by Gasteiger charge is -2.08. The number of nitrogens with zero attached hydrogens (tertiary/aromatic N) is 2.